The number of fused-ring (bicyclic) bond motifs is 1. The van der Waals surface area contributed by atoms with Crippen LogP contribution in [0, 0.1) is 7.14 Å². The molecule has 2 aromatic heterocycles. The standard InChI is InChI=1S/C23H20IN3O4S.CHF3O3S/c1-3-30-14-31-18-9-11-19-21(12-18)32-23(26-19)27-22(28)20-10-6-16(13-25-20)24-15-4-7-17(29-2)8-5-15;2-1(3,4)8(5,6)7/h4-13H,3,14H2,1-2H3;(H,5,6,7). The molecule has 4 rings (SSSR count). The van der Waals surface area contributed by atoms with Gasteiger partial charge in [0.15, 0.2) is 25.6 Å². The number of pyridine rings is 1. The number of hydrogen-bond donors (Lipinski definition) is 1. The molecular formula is C24H21F3IN3O7S2. The molecule has 214 valence electrons. The van der Waals surface area contributed by atoms with Crippen molar-refractivity contribution in [3.8, 4) is 11.5 Å². The molecule has 10 nitrogen and oxygen atoms in total. The summed E-state index contributed by atoms with van der Waals surface area (Å²) in [5.74, 6) is 1.25. The van der Waals surface area contributed by atoms with Gasteiger partial charge in [-0.3, -0.25) is 10.1 Å². The summed E-state index contributed by atoms with van der Waals surface area (Å²) in [6.45, 7) is 2.71. The molecule has 2 heterocycles. The smallest absolute Gasteiger partial charge is 0.485 e. The van der Waals surface area contributed by atoms with Gasteiger partial charge in [-0.1, -0.05) is 11.3 Å². The Hall–Kier alpha value is -3.06. The largest absolute Gasteiger partial charge is 0.741 e. The molecule has 16 heteroatoms. The summed E-state index contributed by atoms with van der Waals surface area (Å²) in [5, 5.41) is 3.35. The Morgan fingerprint density at radius 1 is 1.07 bits per heavy atom. The van der Waals surface area contributed by atoms with Crippen LogP contribution in [0.2, 0.25) is 0 Å². The number of amides is 1. The zero-order chi connectivity index (χ0) is 29.3. The first-order valence-electron chi connectivity index (χ1n) is 11.1. The van der Waals surface area contributed by atoms with Gasteiger partial charge in [0.25, 0.3) is 5.91 Å². The number of ether oxygens (including phenoxy) is 3. The zero-order valence-electron chi connectivity index (χ0n) is 20.8. The van der Waals surface area contributed by atoms with E-state index in [1.807, 2.05) is 43.3 Å². The van der Waals surface area contributed by atoms with E-state index in [1.54, 1.807) is 19.4 Å². The van der Waals surface area contributed by atoms with E-state index >= 15 is 0 Å². The first kappa shape index (κ1) is 31.5. The first-order valence-corrected chi connectivity index (χ1v) is 15.5. The van der Waals surface area contributed by atoms with E-state index in [-0.39, 0.29) is 33.9 Å². The highest BCUT2D eigenvalue weighted by Crippen LogP contribution is 2.29. The van der Waals surface area contributed by atoms with Crippen LogP contribution >= 0.6 is 11.3 Å². The third kappa shape index (κ3) is 9.26. The van der Waals surface area contributed by atoms with Crippen molar-refractivity contribution in [3.63, 3.8) is 0 Å². The zero-order valence-corrected chi connectivity index (χ0v) is 24.6. The number of aromatic nitrogens is 2. The molecule has 0 aliphatic carbocycles. The van der Waals surface area contributed by atoms with E-state index in [1.165, 1.54) is 14.9 Å². The topological polar surface area (TPSA) is 140 Å². The van der Waals surface area contributed by atoms with Gasteiger partial charge < -0.3 is 18.8 Å². The lowest BCUT2D eigenvalue weighted by Gasteiger charge is -2.08. The molecule has 0 atom stereocenters. The van der Waals surface area contributed by atoms with Crippen LogP contribution in [0.4, 0.5) is 18.3 Å². The Balaban J connectivity index is 0.000000482. The van der Waals surface area contributed by atoms with Crippen LogP contribution in [-0.2, 0) is 14.9 Å². The molecule has 0 aliphatic heterocycles. The Morgan fingerprint density at radius 2 is 1.73 bits per heavy atom. The minimum atomic E-state index is -6.09. The van der Waals surface area contributed by atoms with Gasteiger partial charge in [-0.25, -0.2) is 18.4 Å². The van der Waals surface area contributed by atoms with Crippen molar-refractivity contribution in [1.82, 2.24) is 9.97 Å². The van der Waals surface area contributed by atoms with Crippen LogP contribution in [0.5, 0.6) is 11.5 Å². The van der Waals surface area contributed by atoms with Crippen molar-refractivity contribution in [2.45, 2.75) is 12.4 Å². The molecule has 0 aliphatic rings. The summed E-state index contributed by atoms with van der Waals surface area (Å²) in [5.41, 5.74) is -4.50. The fraction of sp³-hybridized carbons (Fsp3) is 0.208. The fourth-order valence-corrected chi connectivity index (χ4v) is 5.69. The third-order valence-electron chi connectivity index (χ3n) is 4.60. The van der Waals surface area contributed by atoms with Crippen LogP contribution in [0.25, 0.3) is 10.2 Å². The number of hydrogen-bond acceptors (Lipinski definition) is 10. The molecule has 2 aromatic carbocycles. The van der Waals surface area contributed by atoms with Crippen molar-refractivity contribution in [2.24, 2.45) is 0 Å². The van der Waals surface area contributed by atoms with Gasteiger partial charge >= 0.3 is 26.7 Å². The SMILES string of the molecule is CCOCOc1ccc2nc(NC(=O)c3ccc([I+]c4ccc(OC)cc4)cn3)sc2c1.O=S(=O)([O-])C(F)(F)F. The van der Waals surface area contributed by atoms with Gasteiger partial charge in [0, 0.05) is 6.61 Å². The highest BCUT2D eigenvalue weighted by atomic mass is 127. The minimum absolute atomic E-state index is 0.201. The number of benzene rings is 2. The van der Waals surface area contributed by atoms with Gasteiger partial charge in [-0.15, -0.1) is 0 Å². The van der Waals surface area contributed by atoms with Crippen molar-refractivity contribution in [1.29, 1.82) is 0 Å². The second kappa shape index (κ2) is 14.0. The molecule has 1 amide bonds. The summed E-state index contributed by atoms with van der Waals surface area (Å²) in [4.78, 5) is 21.4. The number of methoxy groups -OCH3 is 1. The summed E-state index contributed by atoms with van der Waals surface area (Å²) < 4.78 is 78.1. The number of carbonyl (C=O) groups excluding carboxylic acids is 1. The number of halogens is 4. The van der Waals surface area contributed by atoms with Crippen molar-refractivity contribution >= 4 is 42.7 Å². The summed E-state index contributed by atoms with van der Waals surface area (Å²) in [6, 6.07) is 17.3. The number of alkyl halides is 3. The first-order chi connectivity index (χ1) is 18.9. The molecule has 1 N–H and O–H groups in total. The van der Waals surface area contributed by atoms with Crippen LogP contribution < -0.4 is 36.0 Å². The van der Waals surface area contributed by atoms with Crippen molar-refractivity contribution in [3.05, 3.63) is 73.6 Å². The number of anilines is 1. The van der Waals surface area contributed by atoms with Gasteiger partial charge in [0.2, 0.25) is 3.57 Å². The van der Waals surface area contributed by atoms with Crippen molar-refractivity contribution < 1.29 is 66.4 Å². The molecule has 4 aromatic rings. The predicted octanol–water partition coefficient (Wildman–Crippen LogP) is 1.50. The van der Waals surface area contributed by atoms with Crippen molar-refractivity contribution in [2.75, 3.05) is 25.8 Å². The molecule has 0 saturated heterocycles. The molecule has 0 saturated carbocycles. The molecule has 0 radical (unpaired) electrons. The molecule has 0 spiro atoms. The Morgan fingerprint density at radius 3 is 2.30 bits per heavy atom. The predicted molar refractivity (Wildman–Crippen MR) is 135 cm³/mol. The average Bonchev–Trinajstić information content (AvgIpc) is 3.30. The number of nitrogens with one attached hydrogen (secondary N) is 1. The maximum atomic E-state index is 12.6. The molecule has 0 bridgehead atoms. The molecular weight excluding hydrogens is 690 g/mol. The lowest BCUT2D eigenvalue weighted by molar-refractivity contribution is -0.597. The monoisotopic (exact) mass is 711 g/mol. The number of carbonyl (C=O) groups is 1. The highest BCUT2D eigenvalue weighted by Gasteiger charge is 2.36. The van der Waals surface area contributed by atoms with Crippen LogP contribution in [-0.4, -0.2) is 54.9 Å². The lowest BCUT2D eigenvalue weighted by atomic mass is 10.3. The van der Waals surface area contributed by atoms with Crippen LogP contribution in [0.1, 0.15) is 17.4 Å². The molecule has 0 fully saturated rings. The lowest BCUT2D eigenvalue weighted by Crippen LogP contribution is -3.61. The number of thiazole rings is 1. The summed E-state index contributed by atoms with van der Waals surface area (Å²) >= 11 is 1.01. The van der Waals surface area contributed by atoms with Crippen LogP contribution in [0.15, 0.2) is 60.8 Å². The van der Waals surface area contributed by atoms with E-state index in [4.69, 9.17) is 27.2 Å². The van der Waals surface area contributed by atoms with E-state index in [2.05, 4.69) is 27.4 Å². The maximum Gasteiger partial charge on any atom is 0.485 e. The second-order valence-corrected chi connectivity index (χ2v) is 12.8. The van der Waals surface area contributed by atoms with E-state index < -0.39 is 15.6 Å². The van der Waals surface area contributed by atoms with Gasteiger partial charge in [-0.05, 0) is 61.5 Å². The van der Waals surface area contributed by atoms with Gasteiger partial charge in [-0.2, -0.15) is 13.2 Å². The normalized spacial score (nSPS) is 11.4. The minimum Gasteiger partial charge on any atom is -0.741 e. The van der Waals surface area contributed by atoms with E-state index in [0.29, 0.717) is 23.2 Å². The fourth-order valence-electron chi connectivity index (χ4n) is 2.73. The molecule has 0 unspecified atom stereocenters. The third-order valence-corrected chi connectivity index (χ3v) is 8.71. The number of nitrogens with zero attached hydrogens (tertiary/aromatic N) is 2. The van der Waals surface area contributed by atoms with Gasteiger partial charge in [0.1, 0.15) is 17.2 Å². The Kier molecular flexibility index (Phi) is 11.0. The quantitative estimate of drug-likeness (QED) is 0.0900. The summed E-state index contributed by atoms with van der Waals surface area (Å²) in [6.07, 6.45) is 1.77. The Labute approximate surface area is 241 Å². The highest BCUT2D eigenvalue weighted by molar-refractivity contribution is 7.86. The van der Waals surface area contributed by atoms with E-state index in [0.717, 1.165) is 19.5 Å². The van der Waals surface area contributed by atoms with Crippen LogP contribution in [0.3, 0.4) is 0 Å². The maximum absolute atomic E-state index is 12.6. The van der Waals surface area contributed by atoms with Gasteiger partial charge in [0.05, 0.1) is 23.5 Å². The second-order valence-electron chi connectivity index (χ2n) is 7.37. The number of rotatable bonds is 9. The summed E-state index contributed by atoms with van der Waals surface area (Å²) in [7, 11) is -4.44. The Bertz CT molecular complexity index is 1530. The average molecular weight is 711 g/mol. The van der Waals surface area contributed by atoms with E-state index in [9.17, 15) is 18.0 Å². The molecule has 40 heavy (non-hydrogen) atoms.